The van der Waals surface area contributed by atoms with Gasteiger partial charge in [-0.3, -0.25) is 4.90 Å². The highest BCUT2D eigenvalue weighted by atomic mass is 19.4. The third-order valence-electron chi connectivity index (χ3n) is 5.08. The first-order valence-electron chi connectivity index (χ1n) is 9.29. The number of hydrogen-bond acceptors (Lipinski definition) is 5. The Morgan fingerprint density at radius 1 is 1.17 bits per heavy atom. The molecule has 29 heavy (non-hydrogen) atoms. The number of nitrogens with zero attached hydrogens (tertiary/aromatic N) is 3. The molecular weight excluding hydrogens is 383 g/mol. The molecule has 1 aliphatic heterocycles. The molecule has 1 aromatic heterocycles. The monoisotopic (exact) mass is 403 g/mol. The molecule has 1 aliphatic rings. The predicted molar refractivity (Wildman–Crippen MR) is 100 cm³/mol. The molecule has 0 amide bonds. The molecule has 2 heterocycles. The van der Waals surface area contributed by atoms with Crippen LogP contribution in [-0.2, 0) is 12.7 Å². The van der Waals surface area contributed by atoms with Crippen LogP contribution in [0.5, 0.6) is 5.75 Å². The van der Waals surface area contributed by atoms with Gasteiger partial charge in [0.1, 0.15) is 5.75 Å². The largest absolute Gasteiger partial charge is 0.497 e. The third kappa shape index (κ3) is 4.42. The van der Waals surface area contributed by atoms with Crippen molar-refractivity contribution in [2.24, 2.45) is 0 Å². The minimum absolute atomic E-state index is 0.0697. The Morgan fingerprint density at radius 2 is 1.97 bits per heavy atom. The van der Waals surface area contributed by atoms with Crippen molar-refractivity contribution >= 4 is 0 Å². The van der Waals surface area contributed by atoms with Crippen LogP contribution in [0.25, 0.3) is 11.4 Å². The number of likely N-dealkylation sites (tertiary alicyclic amines) is 1. The Bertz CT molecular complexity index is 970. The Labute approximate surface area is 166 Å². The van der Waals surface area contributed by atoms with E-state index in [4.69, 9.17) is 9.26 Å². The van der Waals surface area contributed by atoms with Crippen molar-refractivity contribution in [3.8, 4) is 17.1 Å². The quantitative estimate of drug-likeness (QED) is 0.615. The maximum Gasteiger partial charge on any atom is 0.416 e. The van der Waals surface area contributed by atoms with Crippen molar-refractivity contribution in [2.75, 3.05) is 20.2 Å². The summed E-state index contributed by atoms with van der Waals surface area (Å²) in [4.78, 5) is 6.65. The first-order chi connectivity index (χ1) is 13.9. The summed E-state index contributed by atoms with van der Waals surface area (Å²) in [5.74, 6) is 1.54. The summed E-state index contributed by atoms with van der Waals surface area (Å²) in [6, 6.07) is 12.9. The van der Waals surface area contributed by atoms with Gasteiger partial charge in [0.2, 0.25) is 11.7 Å². The van der Waals surface area contributed by atoms with Gasteiger partial charge in [0.05, 0.1) is 18.6 Å². The third-order valence-corrected chi connectivity index (χ3v) is 5.08. The van der Waals surface area contributed by atoms with Gasteiger partial charge in [0.25, 0.3) is 0 Å². The van der Waals surface area contributed by atoms with E-state index >= 15 is 0 Å². The molecule has 0 aliphatic carbocycles. The molecule has 0 radical (unpaired) electrons. The van der Waals surface area contributed by atoms with Gasteiger partial charge in [-0.1, -0.05) is 29.4 Å². The van der Waals surface area contributed by atoms with Crippen LogP contribution < -0.4 is 4.74 Å². The fourth-order valence-corrected chi connectivity index (χ4v) is 3.52. The van der Waals surface area contributed by atoms with Crippen molar-refractivity contribution in [3.63, 3.8) is 0 Å². The molecule has 3 aromatic rings. The first-order valence-corrected chi connectivity index (χ1v) is 9.29. The number of ether oxygens (including phenoxy) is 1. The van der Waals surface area contributed by atoms with Crippen LogP contribution in [0.2, 0.25) is 0 Å². The van der Waals surface area contributed by atoms with Gasteiger partial charge in [-0.15, -0.1) is 0 Å². The molecule has 5 nitrogen and oxygen atoms in total. The van der Waals surface area contributed by atoms with Crippen molar-refractivity contribution in [2.45, 2.75) is 25.1 Å². The molecule has 0 N–H and O–H groups in total. The minimum atomic E-state index is -4.41. The molecule has 1 unspecified atom stereocenters. The highest BCUT2D eigenvalue weighted by Gasteiger charge is 2.31. The average molecular weight is 403 g/mol. The van der Waals surface area contributed by atoms with Gasteiger partial charge >= 0.3 is 6.18 Å². The number of hydrogen-bond donors (Lipinski definition) is 0. The molecule has 1 atom stereocenters. The normalized spacial score (nSPS) is 17.6. The van der Waals surface area contributed by atoms with Crippen molar-refractivity contribution in [3.05, 3.63) is 65.5 Å². The van der Waals surface area contributed by atoms with E-state index in [1.165, 1.54) is 11.6 Å². The Morgan fingerprint density at radius 3 is 2.69 bits per heavy atom. The van der Waals surface area contributed by atoms with Crippen LogP contribution >= 0.6 is 0 Å². The predicted octanol–water partition coefficient (Wildman–Crippen LogP) is 4.75. The lowest BCUT2D eigenvalue weighted by Gasteiger charge is -2.15. The lowest BCUT2D eigenvalue weighted by molar-refractivity contribution is -0.137. The number of benzene rings is 2. The molecule has 0 bridgehead atoms. The Balaban J connectivity index is 1.42. The summed E-state index contributed by atoms with van der Waals surface area (Å²) in [7, 11) is 1.64. The SMILES string of the molecule is COc1ccc(CN2CCC(c3nc(-c4cccc(C(F)(F)F)c4)no3)C2)cc1. The van der Waals surface area contributed by atoms with E-state index in [-0.39, 0.29) is 11.7 Å². The van der Waals surface area contributed by atoms with Gasteiger partial charge in [0.15, 0.2) is 0 Å². The van der Waals surface area contributed by atoms with Crippen LogP contribution in [0.4, 0.5) is 13.2 Å². The van der Waals surface area contributed by atoms with Gasteiger partial charge in [-0.2, -0.15) is 18.2 Å². The summed E-state index contributed by atoms with van der Waals surface area (Å²) < 4.78 is 49.3. The van der Waals surface area contributed by atoms with E-state index in [1.54, 1.807) is 13.2 Å². The number of alkyl halides is 3. The molecule has 2 aromatic carbocycles. The van der Waals surface area contributed by atoms with E-state index < -0.39 is 11.7 Å². The molecule has 0 spiro atoms. The van der Waals surface area contributed by atoms with Gasteiger partial charge < -0.3 is 9.26 Å². The van der Waals surface area contributed by atoms with E-state index in [9.17, 15) is 13.2 Å². The van der Waals surface area contributed by atoms with E-state index in [0.29, 0.717) is 11.5 Å². The molecular formula is C21H20F3N3O2. The summed E-state index contributed by atoms with van der Waals surface area (Å²) >= 11 is 0. The summed E-state index contributed by atoms with van der Waals surface area (Å²) in [5.41, 5.74) is 0.748. The topological polar surface area (TPSA) is 51.4 Å². The molecule has 1 fully saturated rings. The second-order valence-electron chi connectivity index (χ2n) is 7.10. The molecule has 152 valence electrons. The van der Waals surface area contributed by atoms with Crippen LogP contribution in [0.15, 0.2) is 53.1 Å². The zero-order valence-electron chi connectivity index (χ0n) is 15.8. The Kier molecular flexibility index (Phi) is 5.27. The summed E-state index contributed by atoms with van der Waals surface area (Å²) in [6.07, 6.45) is -3.55. The van der Waals surface area contributed by atoms with E-state index in [1.807, 2.05) is 24.3 Å². The number of methoxy groups -OCH3 is 1. The van der Waals surface area contributed by atoms with Crippen LogP contribution in [0, 0.1) is 0 Å². The average Bonchev–Trinajstić information content (AvgIpc) is 3.38. The van der Waals surface area contributed by atoms with Gasteiger partial charge in [0, 0.05) is 18.7 Å². The lowest BCUT2D eigenvalue weighted by atomic mass is 10.1. The maximum absolute atomic E-state index is 12.9. The van der Waals surface area contributed by atoms with Crippen molar-refractivity contribution in [1.29, 1.82) is 0 Å². The molecule has 0 saturated carbocycles. The zero-order chi connectivity index (χ0) is 20.4. The second-order valence-corrected chi connectivity index (χ2v) is 7.10. The minimum Gasteiger partial charge on any atom is -0.497 e. The van der Waals surface area contributed by atoms with Gasteiger partial charge in [-0.25, -0.2) is 0 Å². The van der Waals surface area contributed by atoms with Gasteiger partial charge in [-0.05, 0) is 42.8 Å². The summed E-state index contributed by atoms with van der Waals surface area (Å²) in [5, 5.41) is 3.90. The molecule has 1 saturated heterocycles. The molecule has 8 heteroatoms. The fraction of sp³-hybridized carbons (Fsp3) is 0.333. The Hall–Kier alpha value is -2.87. The number of halogens is 3. The van der Waals surface area contributed by atoms with E-state index in [2.05, 4.69) is 15.0 Å². The smallest absolute Gasteiger partial charge is 0.416 e. The molecule has 4 rings (SSSR count). The highest BCUT2D eigenvalue weighted by Crippen LogP contribution is 2.33. The highest BCUT2D eigenvalue weighted by molar-refractivity contribution is 5.55. The summed E-state index contributed by atoms with van der Waals surface area (Å²) in [6.45, 7) is 2.45. The second kappa shape index (κ2) is 7.87. The van der Waals surface area contributed by atoms with E-state index in [0.717, 1.165) is 43.9 Å². The number of rotatable bonds is 5. The number of aromatic nitrogens is 2. The van der Waals surface area contributed by atoms with Crippen LogP contribution in [0.3, 0.4) is 0 Å². The zero-order valence-corrected chi connectivity index (χ0v) is 15.8. The van der Waals surface area contributed by atoms with Crippen molar-refractivity contribution < 1.29 is 22.4 Å². The standard InChI is InChI=1S/C21H20F3N3O2/c1-28-18-7-5-14(6-8-18)12-27-10-9-16(13-27)20-25-19(26-29-20)15-3-2-4-17(11-15)21(22,23)24/h2-8,11,16H,9-10,12-13H2,1H3. The van der Waals surface area contributed by atoms with Crippen LogP contribution in [0.1, 0.15) is 29.4 Å². The lowest BCUT2D eigenvalue weighted by Crippen LogP contribution is -2.19. The van der Waals surface area contributed by atoms with Crippen molar-refractivity contribution in [1.82, 2.24) is 15.0 Å². The maximum atomic E-state index is 12.9. The first kappa shape index (κ1) is 19.4. The fourth-order valence-electron chi connectivity index (χ4n) is 3.52. The van der Waals surface area contributed by atoms with Crippen LogP contribution in [-0.4, -0.2) is 35.2 Å².